The third kappa shape index (κ3) is 3.18. The van der Waals surface area contributed by atoms with E-state index in [1.807, 2.05) is 26.8 Å². The molecule has 6 fully saturated rings. The lowest BCUT2D eigenvalue weighted by atomic mass is 9.51. The predicted octanol–water partition coefficient (Wildman–Crippen LogP) is 1.91. The smallest absolute Gasteiger partial charge is 0.338 e. The van der Waals surface area contributed by atoms with Gasteiger partial charge in [-0.15, -0.1) is 0 Å². The van der Waals surface area contributed by atoms with Crippen LogP contribution < -0.4 is 0 Å². The Morgan fingerprint density at radius 2 is 1.82 bits per heavy atom. The average Bonchev–Trinajstić information content (AvgIpc) is 3.78. The number of fused-ring (bicyclic) bond motifs is 4. The Morgan fingerprint density at radius 3 is 2.62 bits per heavy atom. The second-order valence-electron chi connectivity index (χ2n) is 12.8. The fourth-order valence-electron chi connectivity index (χ4n) is 8.26. The van der Waals surface area contributed by atoms with Crippen molar-refractivity contribution < 1.29 is 47.5 Å². The lowest BCUT2D eigenvalue weighted by Crippen LogP contribution is -2.69. The van der Waals surface area contributed by atoms with Gasteiger partial charge in [-0.25, -0.2) is 9.59 Å². The number of carbonyl (C=O) groups excluding carboxylic acids is 2. The largest absolute Gasteiger partial charge is 0.463 e. The number of allylic oxidation sites excluding steroid dienone is 2. The first kappa shape index (κ1) is 24.7. The van der Waals surface area contributed by atoms with Crippen molar-refractivity contribution in [3.05, 3.63) is 36.0 Å². The molecule has 5 saturated heterocycles. The van der Waals surface area contributed by atoms with E-state index in [4.69, 9.17) is 37.9 Å². The number of ether oxygens (including phenoxy) is 8. The second-order valence-corrected chi connectivity index (χ2v) is 12.8. The highest BCUT2D eigenvalue weighted by atomic mass is 16.7. The van der Waals surface area contributed by atoms with Crippen LogP contribution in [0.5, 0.6) is 0 Å². The number of hydrogen-bond donors (Lipinski definition) is 0. The quantitative estimate of drug-likeness (QED) is 0.255. The van der Waals surface area contributed by atoms with Crippen molar-refractivity contribution in [2.24, 2.45) is 10.8 Å². The summed E-state index contributed by atoms with van der Waals surface area (Å²) >= 11 is 0. The molecular weight excluding hydrogens is 508 g/mol. The summed E-state index contributed by atoms with van der Waals surface area (Å²) in [6, 6.07) is 0. The molecule has 8 rings (SSSR count). The Bertz CT molecular complexity index is 1220. The summed E-state index contributed by atoms with van der Waals surface area (Å²) in [4.78, 5) is 26.5. The number of carbonyl (C=O) groups is 2. The zero-order chi connectivity index (χ0) is 26.9. The molecule has 0 N–H and O–H groups in total. The minimum atomic E-state index is -0.804. The van der Waals surface area contributed by atoms with Gasteiger partial charge in [0.1, 0.15) is 42.2 Å². The topological polar surface area (TPSA) is 118 Å². The maximum atomic E-state index is 13.4. The lowest BCUT2D eigenvalue weighted by molar-refractivity contribution is -0.236. The average molecular weight is 543 g/mol. The summed E-state index contributed by atoms with van der Waals surface area (Å²) < 4.78 is 49.2. The van der Waals surface area contributed by atoms with Crippen molar-refractivity contribution in [1.29, 1.82) is 0 Å². The van der Waals surface area contributed by atoms with Crippen LogP contribution in [0.25, 0.3) is 0 Å². The van der Waals surface area contributed by atoms with Crippen LogP contribution in [-0.4, -0.2) is 91.5 Å². The predicted molar refractivity (Wildman–Crippen MR) is 131 cm³/mol. The third-order valence-corrected chi connectivity index (χ3v) is 10.7. The van der Waals surface area contributed by atoms with Crippen LogP contribution in [0.1, 0.15) is 40.5 Å². The molecule has 2 spiro atoms. The Morgan fingerprint density at radius 1 is 1.00 bits per heavy atom. The monoisotopic (exact) mass is 542 g/mol. The molecule has 6 aliphatic heterocycles. The fraction of sp³-hybridized carbons (Fsp3) is 0.724. The summed E-state index contributed by atoms with van der Waals surface area (Å²) in [7, 11) is 0. The van der Waals surface area contributed by atoms with Crippen molar-refractivity contribution in [1.82, 2.24) is 0 Å². The molecule has 3 unspecified atom stereocenters. The summed E-state index contributed by atoms with van der Waals surface area (Å²) in [5, 5.41) is 0. The van der Waals surface area contributed by atoms with Crippen LogP contribution in [0.15, 0.2) is 36.0 Å². The third-order valence-electron chi connectivity index (χ3n) is 10.7. The zero-order valence-electron chi connectivity index (χ0n) is 22.5. The van der Waals surface area contributed by atoms with Gasteiger partial charge in [0.25, 0.3) is 0 Å². The van der Waals surface area contributed by atoms with E-state index in [1.54, 1.807) is 12.2 Å². The molecule has 13 atom stereocenters. The van der Waals surface area contributed by atoms with Gasteiger partial charge < -0.3 is 37.9 Å². The first-order valence-electron chi connectivity index (χ1n) is 14.0. The molecule has 6 heterocycles. The van der Waals surface area contributed by atoms with Gasteiger partial charge in [-0.1, -0.05) is 31.2 Å². The maximum Gasteiger partial charge on any atom is 0.338 e. The van der Waals surface area contributed by atoms with Crippen molar-refractivity contribution >= 4 is 11.9 Å². The molecule has 0 aromatic carbocycles. The highest BCUT2D eigenvalue weighted by molar-refractivity contribution is 5.82. The summed E-state index contributed by atoms with van der Waals surface area (Å²) in [5.41, 5.74) is -1.78. The molecule has 0 aromatic heterocycles. The standard InChI is InChI=1S/C29H34O10/c1-14-9-18-28(23-22(14)38-23)12-32-25(31)24-26(3,39-24)11-21-34-15(2)16(35-21)7-5-6-8-20(30)37-17-10-19(36-18)29(13-33-29)27(17,28)4/h5-9,15-19,21-24H,10-13H2,1-4H3/b7-5-,8-6-/t15?,16?,17-,18-,19-,21?,22+,23+,24-,26+,27-,28-,29-/m1/s1. The molecule has 1 saturated carbocycles. The van der Waals surface area contributed by atoms with Gasteiger partial charge in [0.05, 0.1) is 35.7 Å². The van der Waals surface area contributed by atoms with Gasteiger partial charge >= 0.3 is 11.9 Å². The number of epoxide rings is 3. The van der Waals surface area contributed by atoms with Gasteiger partial charge in [-0.05, 0) is 26.3 Å². The summed E-state index contributed by atoms with van der Waals surface area (Å²) in [6.07, 6.45) is 6.49. The molecule has 0 amide bonds. The molecule has 39 heavy (non-hydrogen) atoms. The van der Waals surface area contributed by atoms with Crippen LogP contribution in [0.3, 0.4) is 0 Å². The number of cyclic esters (lactones) is 1. The second kappa shape index (κ2) is 7.80. The van der Waals surface area contributed by atoms with Gasteiger partial charge in [0, 0.05) is 18.9 Å². The van der Waals surface area contributed by atoms with Crippen LogP contribution in [0, 0.1) is 10.8 Å². The molecule has 8 aliphatic rings. The van der Waals surface area contributed by atoms with Crippen molar-refractivity contribution in [2.75, 3.05) is 13.2 Å². The van der Waals surface area contributed by atoms with E-state index >= 15 is 0 Å². The summed E-state index contributed by atoms with van der Waals surface area (Å²) in [6.45, 7) is 8.47. The Kier molecular flexibility index (Phi) is 4.94. The zero-order valence-corrected chi connectivity index (χ0v) is 22.5. The van der Waals surface area contributed by atoms with Crippen LogP contribution >= 0.6 is 0 Å². The number of hydrogen-bond acceptors (Lipinski definition) is 10. The van der Waals surface area contributed by atoms with Gasteiger partial charge in [-0.2, -0.15) is 0 Å². The fourth-order valence-corrected chi connectivity index (χ4v) is 8.26. The van der Waals surface area contributed by atoms with Crippen molar-refractivity contribution in [3.63, 3.8) is 0 Å². The molecule has 10 heteroatoms. The number of rotatable bonds is 0. The van der Waals surface area contributed by atoms with Crippen molar-refractivity contribution in [3.8, 4) is 0 Å². The first-order chi connectivity index (χ1) is 18.6. The minimum Gasteiger partial charge on any atom is -0.463 e. The van der Waals surface area contributed by atoms with E-state index < -0.39 is 52.5 Å². The van der Waals surface area contributed by atoms with E-state index in [0.717, 1.165) is 5.57 Å². The van der Waals surface area contributed by atoms with E-state index in [0.29, 0.717) is 19.4 Å². The molecule has 4 bridgehead atoms. The minimum absolute atomic E-state index is 0.0356. The molecule has 210 valence electrons. The van der Waals surface area contributed by atoms with Crippen LogP contribution in [0.4, 0.5) is 0 Å². The highest BCUT2D eigenvalue weighted by Crippen LogP contribution is 2.74. The van der Waals surface area contributed by atoms with E-state index in [1.165, 1.54) is 6.08 Å². The molecule has 0 radical (unpaired) electrons. The van der Waals surface area contributed by atoms with Crippen molar-refractivity contribution in [2.45, 2.75) is 107 Å². The molecular formula is C29H34O10. The Balaban J connectivity index is 1.18. The Labute approximate surface area is 226 Å². The van der Waals surface area contributed by atoms with Crippen LogP contribution in [-0.2, 0) is 47.5 Å². The van der Waals surface area contributed by atoms with E-state index in [-0.39, 0.29) is 43.2 Å². The maximum absolute atomic E-state index is 13.4. The molecule has 0 aromatic rings. The number of esters is 2. The van der Waals surface area contributed by atoms with E-state index in [9.17, 15) is 9.59 Å². The first-order valence-corrected chi connectivity index (χ1v) is 14.0. The molecule has 2 aliphatic carbocycles. The molecule has 10 nitrogen and oxygen atoms in total. The van der Waals surface area contributed by atoms with Crippen LogP contribution in [0.2, 0.25) is 0 Å². The van der Waals surface area contributed by atoms with Gasteiger partial charge in [-0.3, -0.25) is 0 Å². The summed E-state index contributed by atoms with van der Waals surface area (Å²) in [5.74, 6) is -0.893. The van der Waals surface area contributed by atoms with Gasteiger partial charge in [0.15, 0.2) is 12.4 Å². The highest BCUT2D eigenvalue weighted by Gasteiger charge is 2.87. The lowest BCUT2D eigenvalue weighted by Gasteiger charge is -2.57. The van der Waals surface area contributed by atoms with Gasteiger partial charge in [0.2, 0.25) is 0 Å². The Hall–Kier alpha value is -2.08. The normalized spacial score (nSPS) is 58.5. The SMILES string of the molecule is CC1=C[C@H]2O[C@@H]3C[C@H]4OC(=O)/C=C\C=C/C5OC(C[C@]6(C)O[C@@H]6C(=O)OC[C@@]2([C@H]2O[C@@H]12)[C@]4(C)[C@@]31CO1)OC5C. The van der Waals surface area contributed by atoms with E-state index in [2.05, 4.69) is 13.0 Å².